The number of carbonyl (C=O) groups is 3. The summed E-state index contributed by atoms with van der Waals surface area (Å²) in [6, 6.07) is 7.87. The lowest BCUT2D eigenvalue weighted by molar-refractivity contribution is -0.138. The number of hydrogen-bond acceptors (Lipinski definition) is 5. The monoisotopic (exact) mass is 447 g/mol. The van der Waals surface area contributed by atoms with Gasteiger partial charge in [0, 0.05) is 32.4 Å². The molecule has 0 aliphatic carbocycles. The number of nitrogens with zero attached hydrogens (tertiary/aromatic N) is 3. The molecule has 1 fully saturated rings. The lowest BCUT2D eigenvalue weighted by Gasteiger charge is -2.36. The smallest absolute Gasteiger partial charge is 0.353 e. The van der Waals surface area contributed by atoms with Crippen molar-refractivity contribution < 1.29 is 27.6 Å². The number of aromatic nitrogens is 1. The number of alkyl halides is 3. The van der Waals surface area contributed by atoms with Gasteiger partial charge in [0.2, 0.25) is 11.8 Å². The van der Waals surface area contributed by atoms with Crippen molar-refractivity contribution in [2.45, 2.75) is 18.6 Å². The first-order chi connectivity index (χ1) is 15.2. The number of piperazine rings is 1. The summed E-state index contributed by atoms with van der Waals surface area (Å²) in [4.78, 5) is 44.9. The molecule has 1 atom stereocenters. The zero-order valence-electron chi connectivity index (χ0n) is 16.9. The van der Waals surface area contributed by atoms with Gasteiger partial charge in [0.1, 0.15) is 11.9 Å². The lowest BCUT2D eigenvalue weighted by Crippen LogP contribution is -2.51. The average Bonchev–Trinajstić information content (AvgIpc) is 2.89. The molecule has 0 unspecified atom stereocenters. The molecule has 2 aromatic rings. The summed E-state index contributed by atoms with van der Waals surface area (Å²) in [5.41, 5.74) is -0.100. The molecule has 1 saturated heterocycles. The molecular formula is C21H20F3N5O3. The third kappa shape index (κ3) is 4.51. The Kier molecular flexibility index (Phi) is 5.72. The Bertz CT molecular complexity index is 1030. The lowest BCUT2D eigenvalue weighted by atomic mass is 10.1. The summed E-state index contributed by atoms with van der Waals surface area (Å²) in [5.74, 6) is -0.797. The van der Waals surface area contributed by atoms with Crippen molar-refractivity contribution in [3.63, 3.8) is 0 Å². The molecule has 0 bridgehead atoms. The van der Waals surface area contributed by atoms with E-state index in [9.17, 15) is 27.6 Å². The number of anilines is 2. The van der Waals surface area contributed by atoms with Gasteiger partial charge >= 0.3 is 6.18 Å². The average molecular weight is 447 g/mol. The third-order valence-corrected chi connectivity index (χ3v) is 5.46. The standard InChI is InChI=1S/C21H20F3N5O3/c22-21(23,24)13-5-6-17(25-12-13)28-7-9-29(10-8-28)18(30)11-16-20(32)26-15-4-2-1-3-14(15)19(31)27-16/h1-6,12,16H,7-11H2,(H,26,32)(H,27,31)/t16-/m1/s1. The number of para-hydroxylation sites is 1. The molecule has 0 spiro atoms. The Hall–Kier alpha value is -3.63. The summed E-state index contributed by atoms with van der Waals surface area (Å²) in [6.45, 7) is 1.42. The fourth-order valence-corrected chi connectivity index (χ4v) is 3.68. The highest BCUT2D eigenvalue weighted by molar-refractivity contribution is 6.10. The van der Waals surface area contributed by atoms with Gasteiger partial charge in [0.25, 0.3) is 5.91 Å². The van der Waals surface area contributed by atoms with E-state index in [2.05, 4.69) is 15.6 Å². The second-order valence-corrected chi connectivity index (χ2v) is 7.54. The molecule has 0 radical (unpaired) electrons. The van der Waals surface area contributed by atoms with E-state index in [-0.39, 0.29) is 12.3 Å². The molecule has 3 heterocycles. The van der Waals surface area contributed by atoms with Crippen LogP contribution in [0.4, 0.5) is 24.7 Å². The van der Waals surface area contributed by atoms with Crippen LogP contribution in [0.2, 0.25) is 0 Å². The van der Waals surface area contributed by atoms with Crippen LogP contribution in [0.5, 0.6) is 0 Å². The highest BCUT2D eigenvalue weighted by Crippen LogP contribution is 2.29. The normalized spacial score (nSPS) is 19.0. The molecule has 3 amide bonds. The largest absolute Gasteiger partial charge is 0.417 e. The van der Waals surface area contributed by atoms with Crippen LogP contribution in [-0.2, 0) is 15.8 Å². The highest BCUT2D eigenvalue weighted by Gasteiger charge is 2.33. The van der Waals surface area contributed by atoms with Crippen LogP contribution >= 0.6 is 0 Å². The molecule has 32 heavy (non-hydrogen) atoms. The molecule has 2 N–H and O–H groups in total. The topological polar surface area (TPSA) is 94.6 Å². The Labute approximate surface area is 181 Å². The predicted molar refractivity (Wildman–Crippen MR) is 109 cm³/mol. The fourth-order valence-electron chi connectivity index (χ4n) is 3.68. The number of hydrogen-bond donors (Lipinski definition) is 2. The first-order valence-electron chi connectivity index (χ1n) is 9.99. The second-order valence-electron chi connectivity index (χ2n) is 7.54. The summed E-state index contributed by atoms with van der Waals surface area (Å²) < 4.78 is 38.1. The number of amides is 3. The zero-order valence-corrected chi connectivity index (χ0v) is 16.9. The summed E-state index contributed by atoms with van der Waals surface area (Å²) in [7, 11) is 0. The van der Waals surface area contributed by atoms with Crippen LogP contribution in [0.3, 0.4) is 0 Å². The molecule has 1 aromatic carbocycles. The second kappa shape index (κ2) is 8.48. The zero-order chi connectivity index (χ0) is 22.9. The Morgan fingerprint density at radius 1 is 1.06 bits per heavy atom. The fraction of sp³-hybridized carbons (Fsp3) is 0.333. The van der Waals surface area contributed by atoms with Gasteiger partial charge in [0.05, 0.1) is 23.2 Å². The Morgan fingerprint density at radius 2 is 1.78 bits per heavy atom. The number of benzene rings is 1. The summed E-state index contributed by atoms with van der Waals surface area (Å²) >= 11 is 0. The number of rotatable bonds is 3. The minimum absolute atomic E-state index is 0.190. The molecule has 2 aliphatic heterocycles. The van der Waals surface area contributed by atoms with E-state index in [1.807, 2.05) is 0 Å². The van der Waals surface area contributed by atoms with Crippen LogP contribution in [0.15, 0.2) is 42.6 Å². The number of nitrogens with one attached hydrogen (secondary N) is 2. The van der Waals surface area contributed by atoms with E-state index in [1.165, 1.54) is 6.07 Å². The molecule has 1 aromatic heterocycles. The molecule has 2 aliphatic rings. The molecule has 168 valence electrons. The quantitative estimate of drug-likeness (QED) is 0.750. The van der Waals surface area contributed by atoms with E-state index in [0.29, 0.717) is 43.2 Å². The van der Waals surface area contributed by atoms with Crippen molar-refractivity contribution in [2.24, 2.45) is 0 Å². The van der Waals surface area contributed by atoms with Gasteiger partial charge in [-0.2, -0.15) is 13.2 Å². The molecule has 0 saturated carbocycles. The first kappa shape index (κ1) is 21.6. The van der Waals surface area contributed by atoms with Crippen molar-refractivity contribution in [1.82, 2.24) is 15.2 Å². The van der Waals surface area contributed by atoms with Crippen LogP contribution in [0.25, 0.3) is 0 Å². The van der Waals surface area contributed by atoms with Crippen LogP contribution in [0.1, 0.15) is 22.3 Å². The number of pyridine rings is 1. The predicted octanol–water partition coefficient (Wildman–Crippen LogP) is 1.89. The van der Waals surface area contributed by atoms with Crippen molar-refractivity contribution in [3.8, 4) is 0 Å². The molecule has 11 heteroatoms. The van der Waals surface area contributed by atoms with Crippen LogP contribution < -0.4 is 15.5 Å². The summed E-state index contributed by atoms with van der Waals surface area (Å²) in [6.07, 6.45) is -3.85. The van der Waals surface area contributed by atoms with Gasteiger partial charge in [-0.05, 0) is 24.3 Å². The number of halogens is 3. The number of fused-ring (bicyclic) bond motifs is 1. The maximum absolute atomic E-state index is 12.7. The third-order valence-electron chi connectivity index (χ3n) is 5.46. The van der Waals surface area contributed by atoms with Crippen LogP contribution in [0, 0.1) is 0 Å². The Balaban J connectivity index is 1.34. The van der Waals surface area contributed by atoms with Crippen molar-refractivity contribution in [2.75, 3.05) is 36.4 Å². The molecule has 4 rings (SSSR count). The van der Waals surface area contributed by atoms with Gasteiger partial charge in [-0.15, -0.1) is 0 Å². The minimum atomic E-state index is -4.45. The van der Waals surface area contributed by atoms with Crippen molar-refractivity contribution in [3.05, 3.63) is 53.7 Å². The van der Waals surface area contributed by atoms with Gasteiger partial charge in [-0.25, -0.2) is 4.98 Å². The maximum Gasteiger partial charge on any atom is 0.417 e. The van der Waals surface area contributed by atoms with E-state index in [1.54, 1.807) is 34.1 Å². The van der Waals surface area contributed by atoms with E-state index < -0.39 is 29.6 Å². The maximum atomic E-state index is 12.7. The van der Waals surface area contributed by atoms with E-state index in [4.69, 9.17) is 0 Å². The SMILES string of the molecule is O=C1N[C@H](CC(=O)N2CCN(c3ccc(C(F)(F)F)cn3)CC2)C(=O)Nc2ccccc21. The van der Waals surface area contributed by atoms with Crippen molar-refractivity contribution in [1.29, 1.82) is 0 Å². The van der Waals surface area contributed by atoms with Gasteiger partial charge in [-0.3, -0.25) is 14.4 Å². The van der Waals surface area contributed by atoms with E-state index in [0.717, 1.165) is 12.3 Å². The molecular weight excluding hydrogens is 427 g/mol. The van der Waals surface area contributed by atoms with Gasteiger partial charge < -0.3 is 20.4 Å². The van der Waals surface area contributed by atoms with Crippen LogP contribution in [-0.4, -0.2) is 59.8 Å². The minimum Gasteiger partial charge on any atom is -0.353 e. The van der Waals surface area contributed by atoms with Crippen molar-refractivity contribution >= 4 is 29.2 Å². The van der Waals surface area contributed by atoms with Gasteiger partial charge in [0.15, 0.2) is 0 Å². The van der Waals surface area contributed by atoms with E-state index >= 15 is 0 Å². The summed E-state index contributed by atoms with van der Waals surface area (Å²) in [5, 5.41) is 5.26. The first-order valence-corrected chi connectivity index (χ1v) is 9.99. The highest BCUT2D eigenvalue weighted by atomic mass is 19.4. The van der Waals surface area contributed by atoms with Gasteiger partial charge in [-0.1, -0.05) is 12.1 Å². The molecule has 8 nitrogen and oxygen atoms in total. The Morgan fingerprint density at radius 3 is 2.44 bits per heavy atom. The number of carbonyl (C=O) groups excluding carboxylic acids is 3.